The molecule has 21 heavy (non-hydrogen) atoms. The molecule has 118 valence electrons. The number of likely N-dealkylation sites (N-methyl/N-ethyl adjacent to an activating group) is 1. The van der Waals surface area contributed by atoms with Crippen molar-refractivity contribution >= 4 is 23.4 Å². The van der Waals surface area contributed by atoms with E-state index in [1.54, 1.807) is 0 Å². The van der Waals surface area contributed by atoms with Crippen LogP contribution in [0, 0.1) is 5.92 Å². The molecule has 1 aliphatic rings. The van der Waals surface area contributed by atoms with Crippen molar-refractivity contribution in [1.82, 2.24) is 5.32 Å². The first-order valence-corrected chi connectivity index (χ1v) is 9.38. The smallest absolute Gasteiger partial charge is 0.125 e. The molecule has 1 aromatic carbocycles. The molecular formula is C17H26ClNOS. The van der Waals surface area contributed by atoms with Crippen molar-refractivity contribution in [2.24, 2.45) is 5.92 Å². The van der Waals surface area contributed by atoms with Gasteiger partial charge in [-0.2, -0.15) is 11.8 Å². The molecule has 4 heteroatoms. The van der Waals surface area contributed by atoms with Gasteiger partial charge in [-0.3, -0.25) is 0 Å². The van der Waals surface area contributed by atoms with Crippen molar-refractivity contribution in [2.75, 3.05) is 24.7 Å². The SMILES string of the molecule is CCNC(CSCC(C)C)Cc1cc(Cl)cc2c1OCC2. The fourth-order valence-electron chi connectivity index (χ4n) is 2.69. The van der Waals surface area contributed by atoms with Gasteiger partial charge >= 0.3 is 0 Å². The second kappa shape index (κ2) is 8.30. The zero-order valence-corrected chi connectivity index (χ0v) is 14.8. The number of benzene rings is 1. The Labute approximate surface area is 138 Å². The van der Waals surface area contributed by atoms with Gasteiger partial charge in [-0.25, -0.2) is 0 Å². The quantitative estimate of drug-likeness (QED) is 0.773. The summed E-state index contributed by atoms with van der Waals surface area (Å²) in [5, 5.41) is 4.43. The number of hydrogen-bond donors (Lipinski definition) is 1. The highest BCUT2D eigenvalue weighted by Gasteiger charge is 2.20. The maximum absolute atomic E-state index is 6.25. The molecule has 0 amide bonds. The number of nitrogens with one attached hydrogen (secondary N) is 1. The first kappa shape index (κ1) is 17.0. The largest absolute Gasteiger partial charge is 0.493 e. The predicted octanol–water partition coefficient (Wildman–Crippen LogP) is 4.18. The number of halogens is 1. The van der Waals surface area contributed by atoms with Crippen LogP contribution in [0.2, 0.25) is 5.02 Å². The van der Waals surface area contributed by atoms with Crippen molar-refractivity contribution in [3.63, 3.8) is 0 Å². The van der Waals surface area contributed by atoms with Crippen LogP contribution in [0.15, 0.2) is 12.1 Å². The Morgan fingerprint density at radius 1 is 1.33 bits per heavy atom. The van der Waals surface area contributed by atoms with E-state index in [0.717, 1.165) is 48.4 Å². The van der Waals surface area contributed by atoms with E-state index in [-0.39, 0.29) is 0 Å². The second-order valence-electron chi connectivity index (χ2n) is 6.04. The van der Waals surface area contributed by atoms with E-state index in [1.165, 1.54) is 16.9 Å². The van der Waals surface area contributed by atoms with Crippen LogP contribution < -0.4 is 10.1 Å². The van der Waals surface area contributed by atoms with Crippen molar-refractivity contribution < 1.29 is 4.74 Å². The molecule has 0 saturated carbocycles. The van der Waals surface area contributed by atoms with Gasteiger partial charge in [0.15, 0.2) is 0 Å². The zero-order chi connectivity index (χ0) is 15.2. The minimum atomic E-state index is 0.477. The number of ether oxygens (including phenoxy) is 1. The summed E-state index contributed by atoms with van der Waals surface area (Å²) in [5.74, 6) is 4.17. The molecule has 0 radical (unpaired) electrons. The summed E-state index contributed by atoms with van der Waals surface area (Å²) in [7, 11) is 0. The van der Waals surface area contributed by atoms with Crippen molar-refractivity contribution in [3.8, 4) is 5.75 Å². The molecule has 0 aliphatic carbocycles. The molecule has 0 bridgehead atoms. The Morgan fingerprint density at radius 3 is 2.86 bits per heavy atom. The molecule has 2 nitrogen and oxygen atoms in total. The predicted molar refractivity (Wildman–Crippen MR) is 94.0 cm³/mol. The van der Waals surface area contributed by atoms with Crippen LogP contribution in [-0.4, -0.2) is 30.7 Å². The summed E-state index contributed by atoms with van der Waals surface area (Å²) >= 11 is 8.28. The minimum absolute atomic E-state index is 0.477. The van der Waals surface area contributed by atoms with Gasteiger partial charge in [-0.05, 0) is 47.9 Å². The van der Waals surface area contributed by atoms with Crippen LogP contribution in [0.25, 0.3) is 0 Å². The molecule has 2 rings (SSSR count). The first-order chi connectivity index (χ1) is 10.1. The van der Waals surface area contributed by atoms with Crippen LogP contribution in [0.3, 0.4) is 0 Å². The molecular weight excluding hydrogens is 302 g/mol. The molecule has 1 aliphatic heterocycles. The minimum Gasteiger partial charge on any atom is -0.493 e. The molecule has 1 N–H and O–H groups in total. The fraction of sp³-hybridized carbons (Fsp3) is 0.647. The van der Waals surface area contributed by atoms with Crippen LogP contribution in [-0.2, 0) is 12.8 Å². The number of fused-ring (bicyclic) bond motifs is 1. The van der Waals surface area contributed by atoms with E-state index in [4.69, 9.17) is 16.3 Å². The molecule has 0 saturated heterocycles. The van der Waals surface area contributed by atoms with Crippen LogP contribution in [0.4, 0.5) is 0 Å². The maximum Gasteiger partial charge on any atom is 0.125 e. The standard InChI is InChI=1S/C17H26ClNOS/c1-4-19-16(11-21-10-12(2)3)9-14-8-15(18)7-13-5-6-20-17(13)14/h7-8,12,16,19H,4-6,9-11H2,1-3H3. The lowest BCUT2D eigenvalue weighted by molar-refractivity contribution is 0.352. The van der Waals surface area contributed by atoms with Gasteiger partial charge in [0.05, 0.1) is 6.61 Å². The van der Waals surface area contributed by atoms with E-state index in [1.807, 2.05) is 17.8 Å². The summed E-state index contributed by atoms with van der Waals surface area (Å²) < 4.78 is 5.81. The van der Waals surface area contributed by atoms with E-state index < -0.39 is 0 Å². The normalized spacial score (nSPS) is 15.1. The lowest BCUT2D eigenvalue weighted by Crippen LogP contribution is -2.33. The highest BCUT2D eigenvalue weighted by Crippen LogP contribution is 2.33. The highest BCUT2D eigenvalue weighted by atomic mass is 35.5. The lowest BCUT2D eigenvalue weighted by Gasteiger charge is -2.20. The summed E-state index contributed by atoms with van der Waals surface area (Å²) in [6.45, 7) is 8.49. The van der Waals surface area contributed by atoms with Crippen molar-refractivity contribution in [2.45, 2.75) is 39.7 Å². The summed E-state index contributed by atoms with van der Waals surface area (Å²) in [6, 6.07) is 4.59. The van der Waals surface area contributed by atoms with Crippen LogP contribution in [0.5, 0.6) is 5.75 Å². The molecule has 1 heterocycles. The molecule has 1 unspecified atom stereocenters. The van der Waals surface area contributed by atoms with Gasteiger partial charge in [0.2, 0.25) is 0 Å². The Hall–Kier alpha value is -0.380. The van der Waals surface area contributed by atoms with E-state index in [2.05, 4.69) is 32.2 Å². The van der Waals surface area contributed by atoms with Crippen molar-refractivity contribution in [1.29, 1.82) is 0 Å². The zero-order valence-electron chi connectivity index (χ0n) is 13.2. The molecule has 0 aromatic heterocycles. The average Bonchev–Trinajstić information content (AvgIpc) is 2.86. The summed E-state index contributed by atoms with van der Waals surface area (Å²) in [6.07, 6.45) is 1.97. The van der Waals surface area contributed by atoms with Crippen LogP contribution in [0.1, 0.15) is 31.9 Å². The molecule has 0 spiro atoms. The molecule has 1 aromatic rings. The van der Waals surface area contributed by atoms with Gasteiger partial charge in [-0.15, -0.1) is 0 Å². The third-order valence-corrected chi connectivity index (χ3v) is 5.31. The number of rotatable bonds is 8. The summed E-state index contributed by atoms with van der Waals surface area (Å²) in [5.41, 5.74) is 2.52. The summed E-state index contributed by atoms with van der Waals surface area (Å²) in [4.78, 5) is 0. The fourth-order valence-corrected chi connectivity index (χ4v) is 4.08. The lowest BCUT2D eigenvalue weighted by atomic mass is 10.0. The van der Waals surface area contributed by atoms with Crippen molar-refractivity contribution in [3.05, 3.63) is 28.3 Å². The topological polar surface area (TPSA) is 21.3 Å². The van der Waals surface area contributed by atoms with Gasteiger partial charge in [0, 0.05) is 23.2 Å². The second-order valence-corrected chi connectivity index (χ2v) is 7.55. The van der Waals surface area contributed by atoms with E-state index in [9.17, 15) is 0 Å². The van der Waals surface area contributed by atoms with E-state index in [0.29, 0.717) is 6.04 Å². The van der Waals surface area contributed by atoms with Gasteiger partial charge in [-0.1, -0.05) is 32.4 Å². The average molecular weight is 328 g/mol. The van der Waals surface area contributed by atoms with E-state index >= 15 is 0 Å². The third kappa shape index (κ3) is 5.08. The Balaban J connectivity index is 2.03. The maximum atomic E-state index is 6.25. The van der Waals surface area contributed by atoms with Gasteiger partial charge < -0.3 is 10.1 Å². The van der Waals surface area contributed by atoms with Crippen LogP contribution >= 0.6 is 23.4 Å². The first-order valence-electron chi connectivity index (χ1n) is 7.85. The highest BCUT2D eigenvalue weighted by molar-refractivity contribution is 7.99. The number of thioether (sulfide) groups is 1. The Morgan fingerprint density at radius 2 is 2.14 bits per heavy atom. The van der Waals surface area contributed by atoms with Gasteiger partial charge in [0.25, 0.3) is 0 Å². The Bertz CT molecular complexity index is 464. The number of hydrogen-bond acceptors (Lipinski definition) is 3. The third-order valence-electron chi connectivity index (χ3n) is 3.55. The van der Waals surface area contributed by atoms with Gasteiger partial charge in [0.1, 0.15) is 5.75 Å². The Kier molecular flexibility index (Phi) is 6.72. The molecule has 0 fully saturated rings. The monoisotopic (exact) mass is 327 g/mol. The molecule has 1 atom stereocenters.